The van der Waals surface area contributed by atoms with E-state index in [4.69, 9.17) is 17.0 Å². The smallest absolute Gasteiger partial charge is 0.173 e. The number of methoxy groups -OCH3 is 1. The van der Waals surface area contributed by atoms with Gasteiger partial charge in [0.2, 0.25) is 0 Å². The van der Waals surface area contributed by atoms with Gasteiger partial charge in [-0.2, -0.15) is 0 Å². The minimum Gasteiger partial charge on any atom is -0.497 e. The second-order valence-electron chi connectivity index (χ2n) is 5.92. The van der Waals surface area contributed by atoms with E-state index in [9.17, 15) is 0 Å². The maximum atomic E-state index is 5.59. The molecule has 1 heterocycles. The average molecular weight is 341 g/mol. The Balaban J connectivity index is 1.58. The Morgan fingerprint density at radius 1 is 1.04 bits per heavy atom. The molecule has 0 atom stereocenters. The predicted octanol–water partition coefficient (Wildman–Crippen LogP) is 3.52. The number of nitrogens with one attached hydrogen (secondary N) is 1. The van der Waals surface area contributed by atoms with Crippen LogP contribution in [-0.4, -0.2) is 43.3 Å². The molecule has 2 aromatic carbocycles. The fraction of sp³-hybridized carbons (Fsp3) is 0.316. The van der Waals surface area contributed by atoms with E-state index < -0.39 is 0 Å². The van der Waals surface area contributed by atoms with E-state index in [-0.39, 0.29) is 0 Å². The summed E-state index contributed by atoms with van der Waals surface area (Å²) in [7, 11) is 1.70. The Morgan fingerprint density at radius 3 is 2.50 bits per heavy atom. The molecule has 5 heteroatoms. The van der Waals surface area contributed by atoms with E-state index in [1.54, 1.807) is 7.11 Å². The van der Waals surface area contributed by atoms with Crippen LogP contribution in [0.25, 0.3) is 0 Å². The van der Waals surface area contributed by atoms with Crippen molar-refractivity contribution < 1.29 is 4.74 Å². The van der Waals surface area contributed by atoms with Crippen molar-refractivity contribution in [3.05, 3.63) is 54.1 Å². The first kappa shape index (κ1) is 16.6. The highest BCUT2D eigenvalue weighted by atomic mass is 32.1. The van der Waals surface area contributed by atoms with Crippen molar-refractivity contribution in [2.75, 3.05) is 43.5 Å². The molecule has 0 radical (unpaired) electrons. The lowest BCUT2D eigenvalue weighted by atomic mass is 10.2. The zero-order chi connectivity index (χ0) is 16.9. The summed E-state index contributed by atoms with van der Waals surface area (Å²) in [6.45, 7) is 5.81. The number of ether oxygens (including phenoxy) is 1. The molecular weight excluding hydrogens is 318 g/mol. The average Bonchev–Trinajstić information content (AvgIpc) is 2.64. The first-order chi connectivity index (χ1) is 11.7. The van der Waals surface area contributed by atoms with Crippen molar-refractivity contribution in [2.24, 2.45) is 0 Å². The van der Waals surface area contributed by atoms with Crippen LogP contribution in [-0.2, 0) is 0 Å². The normalized spacial score (nSPS) is 14.4. The van der Waals surface area contributed by atoms with Gasteiger partial charge in [0.1, 0.15) is 5.75 Å². The maximum absolute atomic E-state index is 5.59. The maximum Gasteiger partial charge on any atom is 0.173 e. The number of thiocarbonyl (C=S) groups is 1. The van der Waals surface area contributed by atoms with Gasteiger partial charge in [0.25, 0.3) is 0 Å². The SMILES string of the molecule is COc1cccc(N2CCN(C(=S)Nc3ccccc3C)CC2)c1. The zero-order valence-electron chi connectivity index (χ0n) is 14.2. The first-order valence-corrected chi connectivity index (χ1v) is 8.59. The van der Waals surface area contributed by atoms with E-state index in [1.807, 2.05) is 24.3 Å². The van der Waals surface area contributed by atoms with E-state index in [0.717, 1.165) is 42.7 Å². The minimum absolute atomic E-state index is 0.801. The summed E-state index contributed by atoms with van der Waals surface area (Å²) in [5.74, 6) is 0.895. The standard InChI is InChI=1S/C19H23N3OS/c1-15-6-3-4-9-18(15)20-19(24)22-12-10-21(11-13-22)16-7-5-8-17(14-16)23-2/h3-9,14H,10-13H2,1-2H3,(H,20,24). The third-order valence-corrected chi connectivity index (χ3v) is 4.73. The van der Waals surface area contributed by atoms with Crippen LogP contribution in [0, 0.1) is 6.92 Å². The van der Waals surface area contributed by atoms with Gasteiger partial charge in [-0.15, -0.1) is 0 Å². The lowest BCUT2D eigenvalue weighted by molar-refractivity contribution is 0.389. The number of anilines is 2. The summed E-state index contributed by atoms with van der Waals surface area (Å²) in [6, 6.07) is 16.4. The second kappa shape index (κ2) is 7.53. The van der Waals surface area contributed by atoms with Crippen LogP contribution in [0.15, 0.2) is 48.5 Å². The molecule has 1 aliphatic rings. The molecule has 0 aliphatic carbocycles. The third-order valence-electron chi connectivity index (χ3n) is 4.37. The van der Waals surface area contributed by atoms with Gasteiger partial charge in [0, 0.05) is 43.6 Å². The monoisotopic (exact) mass is 341 g/mol. The Bertz CT molecular complexity index is 711. The van der Waals surface area contributed by atoms with E-state index in [2.05, 4.69) is 46.3 Å². The molecule has 0 amide bonds. The van der Waals surface area contributed by atoms with Gasteiger partial charge in [-0.05, 0) is 42.9 Å². The van der Waals surface area contributed by atoms with Gasteiger partial charge in [0.15, 0.2) is 5.11 Å². The Labute approximate surface area is 149 Å². The quantitative estimate of drug-likeness (QED) is 0.862. The van der Waals surface area contributed by atoms with Gasteiger partial charge >= 0.3 is 0 Å². The number of nitrogens with zero attached hydrogens (tertiary/aromatic N) is 2. The molecule has 24 heavy (non-hydrogen) atoms. The van der Waals surface area contributed by atoms with Crippen molar-refractivity contribution in [2.45, 2.75) is 6.92 Å². The van der Waals surface area contributed by atoms with Crippen LogP contribution < -0.4 is 15.0 Å². The zero-order valence-corrected chi connectivity index (χ0v) is 15.0. The van der Waals surface area contributed by atoms with Crippen molar-refractivity contribution in [3.63, 3.8) is 0 Å². The lowest BCUT2D eigenvalue weighted by Crippen LogP contribution is -2.50. The molecular formula is C19H23N3OS. The summed E-state index contributed by atoms with van der Waals surface area (Å²) in [5, 5.41) is 4.17. The number of aryl methyl sites for hydroxylation is 1. The van der Waals surface area contributed by atoms with Crippen LogP contribution in [0.1, 0.15) is 5.56 Å². The van der Waals surface area contributed by atoms with E-state index in [0.29, 0.717) is 0 Å². The third kappa shape index (κ3) is 3.79. The summed E-state index contributed by atoms with van der Waals surface area (Å²) in [6.07, 6.45) is 0. The fourth-order valence-corrected chi connectivity index (χ4v) is 3.17. The Hall–Kier alpha value is -2.27. The van der Waals surface area contributed by atoms with Crippen LogP contribution in [0.3, 0.4) is 0 Å². The number of para-hydroxylation sites is 1. The first-order valence-electron chi connectivity index (χ1n) is 8.18. The van der Waals surface area contributed by atoms with E-state index >= 15 is 0 Å². The van der Waals surface area contributed by atoms with Gasteiger partial charge in [-0.25, -0.2) is 0 Å². The topological polar surface area (TPSA) is 27.7 Å². The Morgan fingerprint density at radius 2 is 1.79 bits per heavy atom. The van der Waals surface area contributed by atoms with Gasteiger partial charge in [-0.1, -0.05) is 24.3 Å². The molecule has 1 N–H and O–H groups in total. The molecule has 2 aromatic rings. The number of piperazine rings is 1. The molecule has 0 bridgehead atoms. The summed E-state index contributed by atoms with van der Waals surface area (Å²) < 4.78 is 5.31. The molecule has 0 aromatic heterocycles. The summed E-state index contributed by atoms with van der Waals surface area (Å²) in [5.41, 5.74) is 3.49. The molecule has 1 fully saturated rings. The summed E-state index contributed by atoms with van der Waals surface area (Å²) >= 11 is 5.59. The second-order valence-corrected chi connectivity index (χ2v) is 6.31. The van der Waals surface area contributed by atoms with Crippen molar-refractivity contribution >= 4 is 28.7 Å². The van der Waals surface area contributed by atoms with Crippen molar-refractivity contribution in [1.82, 2.24) is 4.90 Å². The van der Waals surface area contributed by atoms with Crippen LogP contribution in [0.5, 0.6) is 5.75 Å². The van der Waals surface area contributed by atoms with Crippen LogP contribution in [0.4, 0.5) is 11.4 Å². The van der Waals surface area contributed by atoms with Crippen molar-refractivity contribution in [3.8, 4) is 5.75 Å². The molecule has 0 spiro atoms. The highest BCUT2D eigenvalue weighted by Crippen LogP contribution is 2.22. The fourth-order valence-electron chi connectivity index (χ4n) is 2.88. The number of hydrogen-bond donors (Lipinski definition) is 1. The minimum atomic E-state index is 0.801. The van der Waals surface area contributed by atoms with Gasteiger partial charge < -0.3 is 19.9 Å². The van der Waals surface area contributed by atoms with E-state index in [1.165, 1.54) is 11.3 Å². The van der Waals surface area contributed by atoms with Crippen LogP contribution >= 0.6 is 12.2 Å². The highest BCUT2D eigenvalue weighted by molar-refractivity contribution is 7.80. The molecule has 126 valence electrons. The van der Waals surface area contributed by atoms with Crippen LogP contribution in [0.2, 0.25) is 0 Å². The molecule has 0 saturated carbocycles. The number of hydrogen-bond acceptors (Lipinski definition) is 3. The van der Waals surface area contributed by atoms with Gasteiger partial charge in [0.05, 0.1) is 7.11 Å². The predicted molar refractivity (Wildman–Crippen MR) is 104 cm³/mol. The summed E-state index contributed by atoms with van der Waals surface area (Å²) in [4.78, 5) is 4.61. The highest BCUT2D eigenvalue weighted by Gasteiger charge is 2.19. The lowest BCUT2D eigenvalue weighted by Gasteiger charge is -2.37. The molecule has 0 unspecified atom stereocenters. The van der Waals surface area contributed by atoms with Crippen molar-refractivity contribution in [1.29, 1.82) is 0 Å². The molecule has 3 rings (SSSR count). The Kier molecular flexibility index (Phi) is 5.20. The largest absolute Gasteiger partial charge is 0.497 e. The number of rotatable bonds is 3. The molecule has 1 aliphatic heterocycles. The van der Waals surface area contributed by atoms with Gasteiger partial charge in [-0.3, -0.25) is 0 Å². The molecule has 4 nitrogen and oxygen atoms in total. The molecule has 1 saturated heterocycles. The number of benzene rings is 2.